The number of aromatic nitrogens is 2. The minimum Gasteiger partial charge on any atom is -0.370 e. The van der Waals surface area contributed by atoms with Gasteiger partial charge in [-0.3, -0.25) is 19.0 Å². The molecule has 1 aromatic heterocycles. The molecular weight excluding hydrogens is 426 g/mol. The zero-order chi connectivity index (χ0) is 22.8. The number of aromatic amines is 1. The standard InChI is InChI=1S/C23H25N5O3S/c1-2-28-22(31)16-8-6-15(13-17(16)26-23(28)32)21(30)25-18-12-14(20(24)29)7-9-19(18)27-10-4-3-5-11-27/h6-9,12-13H,2-5,10-11H2,1H3,(H2,24,29)(H,25,30)(H,26,32). The van der Waals surface area contributed by atoms with Crippen molar-refractivity contribution < 1.29 is 9.59 Å². The molecule has 0 spiro atoms. The molecule has 0 unspecified atom stereocenters. The summed E-state index contributed by atoms with van der Waals surface area (Å²) in [5, 5.41) is 3.38. The highest BCUT2D eigenvalue weighted by Crippen LogP contribution is 2.30. The average Bonchev–Trinajstić information content (AvgIpc) is 2.79. The lowest BCUT2D eigenvalue weighted by molar-refractivity contribution is 0.0996. The number of carbonyl (C=O) groups is 2. The Balaban J connectivity index is 1.70. The van der Waals surface area contributed by atoms with Crippen LogP contribution in [0, 0.1) is 4.77 Å². The lowest BCUT2D eigenvalue weighted by atomic mass is 10.1. The van der Waals surface area contributed by atoms with E-state index in [4.69, 9.17) is 18.0 Å². The molecule has 1 aliphatic rings. The molecule has 0 bridgehead atoms. The van der Waals surface area contributed by atoms with Crippen LogP contribution in [0.15, 0.2) is 41.2 Å². The first-order chi connectivity index (χ1) is 15.4. The fraction of sp³-hybridized carbons (Fsp3) is 0.304. The van der Waals surface area contributed by atoms with Crippen molar-refractivity contribution in [2.75, 3.05) is 23.3 Å². The molecule has 1 saturated heterocycles. The third-order valence-corrected chi connectivity index (χ3v) is 6.11. The molecule has 1 aliphatic heterocycles. The molecule has 4 N–H and O–H groups in total. The molecule has 8 nitrogen and oxygen atoms in total. The van der Waals surface area contributed by atoms with Crippen LogP contribution in [-0.2, 0) is 6.54 Å². The number of carbonyl (C=O) groups excluding carboxylic acids is 2. The van der Waals surface area contributed by atoms with Crippen LogP contribution >= 0.6 is 12.2 Å². The van der Waals surface area contributed by atoms with Crippen molar-refractivity contribution >= 4 is 46.3 Å². The van der Waals surface area contributed by atoms with Crippen LogP contribution < -0.4 is 21.5 Å². The lowest BCUT2D eigenvalue weighted by Gasteiger charge is -2.30. The zero-order valence-electron chi connectivity index (χ0n) is 17.8. The van der Waals surface area contributed by atoms with Crippen molar-refractivity contribution in [2.45, 2.75) is 32.7 Å². The van der Waals surface area contributed by atoms with Crippen LogP contribution in [0.2, 0.25) is 0 Å². The van der Waals surface area contributed by atoms with Gasteiger partial charge in [0.25, 0.3) is 11.5 Å². The predicted molar refractivity (Wildman–Crippen MR) is 128 cm³/mol. The Hall–Kier alpha value is -3.46. The predicted octanol–water partition coefficient (Wildman–Crippen LogP) is 3.42. The molecule has 0 radical (unpaired) electrons. The maximum atomic E-state index is 13.1. The summed E-state index contributed by atoms with van der Waals surface area (Å²) in [6.07, 6.45) is 3.32. The van der Waals surface area contributed by atoms with Gasteiger partial charge in [-0.15, -0.1) is 0 Å². The minimum atomic E-state index is -0.559. The van der Waals surface area contributed by atoms with Gasteiger partial charge < -0.3 is 20.9 Å². The molecule has 2 amide bonds. The molecule has 1 fully saturated rings. The van der Waals surface area contributed by atoms with Crippen molar-refractivity contribution in [2.24, 2.45) is 5.73 Å². The van der Waals surface area contributed by atoms with Crippen molar-refractivity contribution in [3.8, 4) is 0 Å². The van der Waals surface area contributed by atoms with E-state index in [9.17, 15) is 14.4 Å². The first kappa shape index (κ1) is 21.8. The van der Waals surface area contributed by atoms with E-state index in [1.807, 2.05) is 13.0 Å². The van der Waals surface area contributed by atoms with E-state index in [-0.39, 0.29) is 11.5 Å². The summed E-state index contributed by atoms with van der Waals surface area (Å²) in [5.74, 6) is -0.915. The van der Waals surface area contributed by atoms with Crippen LogP contribution in [0.1, 0.15) is 46.9 Å². The van der Waals surface area contributed by atoms with E-state index in [1.165, 1.54) is 11.0 Å². The van der Waals surface area contributed by atoms with E-state index < -0.39 is 5.91 Å². The maximum Gasteiger partial charge on any atom is 0.262 e. The quantitative estimate of drug-likeness (QED) is 0.515. The van der Waals surface area contributed by atoms with Gasteiger partial charge in [0.05, 0.1) is 22.3 Å². The molecule has 0 aliphatic carbocycles. The number of benzene rings is 2. The first-order valence-corrected chi connectivity index (χ1v) is 11.1. The van der Waals surface area contributed by atoms with Gasteiger partial charge in [0, 0.05) is 30.8 Å². The Morgan fingerprint density at radius 3 is 2.50 bits per heavy atom. The highest BCUT2D eigenvalue weighted by molar-refractivity contribution is 7.71. The van der Waals surface area contributed by atoms with Crippen molar-refractivity contribution in [3.63, 3.8) is 0 Å². The van der Waals surface area contributed by atoms with Crippen LogP contribution in [0.5, 0.6) is 0 Å². The molecule has 4 rings (SSSR count). The Labute approximate surface area is 190 Å². The van der Waals surface area contributed by atoms with Crippen LogP contribution in [0.25, 0.3) is 10.9 Å². The average molecular weight is 452 g/mol. The first-order valence-electron chi connectivity index (χ1n) is 10.7. The molecule has 2 aromatic carbocycles. The van der Waals surface area contributed by atoms with Crippen LogP contribution in [0.4, 0.5) is 11.4 Å². The largest absolute Gasteiger partial charge is 0.370 e. The third kappa shape index (κ3) is 4.16. The summed E-state index contributed by atoms with van der Waals surface area (Å²) in [4.78, 5) is 42.6. The number of anilines is 2. The smallest absolute Gasteiger partial charge is 0.262 e. The van der Waals surface area contributed by atoms with Gasteiger partial charge in [-0.25, -0.2) is 0 Å². The summed E-state index contributed by atoms with van der Waals surface area (Å²) < 4.78 is 1.78. The highest BCUT2D eigenvalue weighted by Gasteiger charge is 2.18. The monoisotopic (exact) mass is 451 g/mol. The molecule has 32 heavy (non-hydrogen) atoms. The second-order valence-corrected chi connectivity index (χ2v) is 8.22. The second-order valence-electron chi connectivity index (χ2n) is 7.84. The molecule has 9 heteroatoms. The summed E-state index contributed by atoms with van der Waals surface area (Å²) >= 11 is 5.27. The van der Waals surface area contributed by atoms with Gasteiger partial charge in [0.2, 0.25) is 5.91 Å². The molecule has 3 aromatic rings. The van der Waals surface area contributed by atoms with E-state index in [2.05, 4.69) is 15.2 Å². The van der Waals surface area contributed by atoms with E-state index in [1.54, 1.807) is 30.3 Å². The van der Waals surface area contributed by atoms with Crippen molar-refractivity contribution in [1.29, 1.82) is 0 Å². The molecular formula is C23H25N5O3S. The number of hydrogen-bond acceptors (Lipinski definition) is 5. The number of rotatable bonds is 5. The topological polar surface area (TPSA) is 113 Å². The number of nitrogens with two attached hydrogens (primary N) is 1. The van der Waals surface area contributed by atoms with Gasteiger partial charge in [0.15, 0.2) is 4.77 Å². The van der Waals surface area contributed by atoms with Gasteiger partial charge >= 0.3 is 0 Å². The fourth-order valence-electron chi connectivity index (χ4n) is 4.08. The normalized spacial score (nSPS) is 13.8. The zero-order valence-corrected chi connectivity index (χ0v) is 18.6. The lowest BCUT2D eigenvalue weighted by Crippen LogP contribution is -2.30. The molecule has 0 saturated carbocycles. The fourth-order valence-corrected chi connectivity index (χ4v) is 4.40. The van der Waals surface area contributed by atoms with Crippen LogP contribution in [-0.4, -0.2) is 34.5 Å². The van der Waals surface area contributed by atoms with Crippen molar-refractivity contribution in [3.05, 3.63) is 62.6 Å². The van der Waals surface area contributed by atoms with E-state index >= 15 is 0 Å². The van der Waals surface area contributed by atoms with Gasteiger partial charge in [0.1, 0.15) is 0 Å². The van der Waals surface area contributed by atoms with Gasteiger partial charge in [-0.2, -0.15) is 0 Å². The SMILES string of the molecule is CCn1c(=S)[nH]c2cc(C(=O)Nc3cc(C(N)=O)ccc3N3CCCCC3)ccc2c1=O. The number of amides is 2. The number of H-pyrrole nitrogens is 1. The summed E-state index contributed by atoms with van der Waals surface area (Å²) in [6, 6.07) is 9.95. The van der Waals surface area contributed by atoms with Crippen LogP contribution in [0.3, 0.4) is 0 Å². The van der Waals surface area contributed by atoms with Crippen molar-refractivity contribution in [1.82, 2.24) is 9.55 Å². The van der Waals surface area contributed by atoms with Gasteiger partial charge in [-0.1, -0.05) is 0 Å². The number of fused-ring (bicyclic) bond motifs is 1. The number of nitrogens with one attached hydrogen (secondary N) is 2. The molecule has 166 valence electrons. The minimum absolute atomic E-state index is 0.195. The van der Waals surface area contributed by atoms with Gasteiger partial charge in [-0.05, 0) is 74.8 Å². The summed E-state index contributed by atoms with van der Waals surface area (Å²) in [6.45, 7) is 4.07. The number of hydrogen-bond donors (Lipinski definition) is 3. The molecule has 2 heterocycles. The Bertz CT molecular complexity index is 1320. The number of nitrogens with zero attached hydrogens (tertiary/aromatic N) is 2. The second kappa shape index (κ2) is 8.96. The Morgan fingerprint density at radius 1 is 1.09 bits per heavy atom. The Morgan fingerprint density at radius 2 is 1.81 bits per heavy atom. The highest BCUT2D eigenvalue weighted by atomic mass is 32.1. The Kier molecular flexibility index (Phi) is 6.09. The summed E-state index contributed by atoms with van der Waals surface area (Å²) in [5.41, 5.74) is 7.84. The summed E-state index contributed by atoms with van der Waals surface area (Å²) in [7, 11) is 0. The maximum absolute atomic E-state index is 13.1. The molecule has 0 atom stereocenters. The number of piperidine rings is 1. The van der Waals surface area contributed by atoms with E-state index in [0.717, 1.165) is 31.6 Å². The number of primary amides is 1. The third-order valence-electron chi connectivity index (χ3n) is 5.79. The van der Waals surface area contributed by atoms with E-state index in [0.29, 0.717) is 39.0 Å².